The molecule has 0 spiro atoms. The third kappa shape index (κ3) is 3.09. The van der Waals surface area contributed by atoms with Crippen molar-refractivity contribution in [3.63, 3.8) is 0 Å². The monoisotopic (exact) mass is 235 g/mol. The molecular weight excluding hydrogens is 210 g/mol. The minimum atomic E-state index is 0.222. The largest absolute Gasteiger partial charge is 0.312 e. The van der Waals surface area contributed by atoms with E-state index in [1.54, 1.807) is 0 Å². The molecule has 1 aromatic heterocycles. The Morgan fingerprint density at radius 2 is 2.18 bits per heavy atom. The summed E-state index contributed by atoms with van der Waals surface area (Å²) in [7, 11) is 2.06. The van der Waals surface area contributed by atoms with Crippen LogP contribution in [0.15, 0.2) is 12.3 Å². The van der Waals surface area contributed by atoms with Gasteiger partial charge in [0.05, 0.1) is 0 Å². The molecular formula is C14H25N3. The van der Waals surface area contributed by atoms with Gasteiger partial charge in [-0.05, 0) is 52.1 Å². The first-order valence-electron chi connectivity index (χ1n) is 6.70. The van der Waals surface area contributed by atoms with Gasteiger partial charge in [-0.25, -0.2) is 0 Å². The zero-order valence-electron chi connectivity index (χ0n) is 11.5. The fraction of sp³-hybridized carbons (Fsp3) is 0.786. The Kier molecular flexibility index (Phi) is 3.57. The molecule has 96 valence electrons. The quantitative estimate of drug-likeness (QED) is 0.873. The molecule has 1 aromatic rings. The van der Waals surface area contributed by atoms with Gasteiger partial charge in [-0.2, -0.15) is 5.10 Å². The van der Waals surface area contributed by atoms with Crippen molar-refractivity contribution in [2.75, 3.05) is 6.54 Å². The van der Waals surface area contributed by atoms with E-state index in [9.17, 15) is 0 Å². The van der Waals surface area contributed by atoms with Crippen molar-refractivity contribution < 1.29 is 0 Å². The van der Waals surface area contributed by atoms with Crippen LogP contribution in [0.5, 0.6) is 0 Å². The Bertz CT molecular complexity index is 362. The van der Waals surface area contributed by atoms with Gasteiger partial charge in [0.15, 0.2) is 0 Å². The standard InChI is InChI=1S/C14H25N3/c1-14(2,3)15-10-11-6-5-7-12(11)13-8-9-16-17(13)4/h8-9,11-12,15H,5-7,10H2,1-4H3. The van der Waals surface area contributed by atoms with Crippen molar-refractivity contribution in [1.82, 2.24) is 15.1 Å². The average Bonchev–Trinajstić information content (AvgIpc) is 2.81. The minimum Gasteiger partial charge on any atom is -0.312 e. The molecule has 3 nitrogen and oxygen atoms in total. The predicted molar refractivity (Wildman–Crippen MR) is 71.0 cm³/mol. The molecule has 0 amide bonds. The molecule has 0 aliphatic heterocycles. The van der Waals surface area contributed by atoms with E-state index in [-0.39, 0.29) is 5.54 Å². The van der Waals surface area contributed by atoms with Gasteiger partial charge < -0.3 is 5.32 Å². The third-order valence-electron chi connectivity index (χ3n) is 3.79. The van der Waals surface area contributed by atoms with Crippen LogP contribution in [0, 0.1) is 5.92 Å². The van der Waals surface area contributed by atoms with E-state index in [0.29, 0.717) is 5.92 Å². The lowest BCUT2D eigenvalue weighted by Crippen LogP contribution is -2.39. The van der Waals surface area contributed by atoms with Crippen LogP contribution in [-0.4, -0.2) is 21.9 Å². The van der Waals surface area contributed by atoms with Crippen LogP contribution in [0.2, 0.25) is 0 Å². The Balaban J connectivity index is 2.01. The second-order valence-electron chi connectivity index (χ2n) is 6.31. The number of hydrogen-bond acceptors (Lipinski definition) is 2. The van der Waals surface area contributed by atoms with Crippen molar-refractivity contribution in [3.05, 3.63) is 18.0 Å². The van der Waals surface area contributed by atoms with Gasteiger partial charge in [0.25, 0.3) is 0 Å². The Morgan fingerprint density at radius 3 is 2.76 bits per heavy atom. The first-order chi connectivity index (χ1) is 7.97. The molecule has 2 unspecified atom stereocenters. The highest BCUT2D eigenvalue weighted by Crippen LogP contribution is 2.39. The van der Waals surface area contributed by atoms with Gasteiger partial charge >= 0.3 is 0 Å². The highest BCUT2D eigenvalue weighted by molar-refractivity contribution is 5.11. The minimum absolute atomic E-state index is 0.222. The molecule has 1 aliphatic rings. The van der Waals surface area contributed by atoms with Gasteiger partial charge in [-0.3, -0.25) is 4.68 Å². The van der Waals surface area contributed by atoms with Gasteiger partial charge in [0.1, 0.15) is 0 Å². The van der Waals surface area contributed by atoms with Gasteiger partial charge in [-0.15, -0.1) is 0 Å². The van der Waals surface area contributed by atoms with Crippen LogP contribution in [0.25, 0.3) is 0 Å². The number of aromatic nitrogens is 2. The molecule has 1 saturated carbocycles. The second kappa shape index (κ2) is 4.81. The normalized spacial score (nSPS) is 25.4. The SMILES string of the molecule is Cn1nccc1C1CCCC1CNC(C)(C)C. The third-order valence-corrected chi connectivity index (χ3v) is 3.79. The highest BCUT2D eigenvalue weighted by atomic mass is 15.3. The van der Waals surface area contributed by atoms with Crippen LogP contribution in [0.1, 0.15) is 51.6 Å². The van der Waals surface area contributed by atoms with Crippen molar-refractivity contribution in [1.29, 1.82) is 0 Å². The molecule has 1 N–H and O–H groups in total. The number of aryl methyl sites for hydroxylation is 1. The molecule has 0 aromatic carbocycles. The first-order valence-corrected chi connectivity index (χ1v) is 6.70. The summed E-state index contributed by atoms with van der Waals surface area (Å²) in [6.45, 7) is 7.84. The lowest BCUT2D eigenvalue weighted by molar-refractivity contribution is 0.351. The molecule has 17 heavy (non-hydrogen) atoms. The van der Waals surface area contributed by atoms with Crippen LogP contribution in [0.4, 0.5) is 0 Å². The van der Waals surface area contributed by atoms with Crippen molar-refractivity contribution in [3.8, 4) is 0 Å². The number of nitrogens with one attached hydrogen (secondary N) is 1. The fourth-order valence-corrected chi connectivity index (χ4v) is 2.86. The maximum atomic E-state index is 4.30. The molecule has 3 heteroatoms. The van der Waals surface area contributed by atoms with E-state index in [0.717, 1.165) is 12.5 Å². The summed E-state index contributed by atoms with van der Waals surface area (Å²) in [5, 5.41) is 7.95. The Labute approximate surface area is 105 Å². The van der Waals surface area contributed by atoms with Gasteiger partial charge in [0, 0.05) is 30.4 Å². The molecule has 1 heterocycles. The van der Waals surface area contributed by atoms with E-state index in [1.165, 1.54) is 25.0 Å². The fourth-order valence-electron chi connectivity index (χ4n) is 2.86. The Morgan fingerprint density at radius 1 is 1.41 bits per heavy atom. The van der Waals surface area contributed by atoms with E-state index in [4.69, 9.17) is 0 Å². The summed E-state index contributed by atoms with van der Waals surface area (Å²) < 4.78 is 2.04. The smallest absolute Gasteiger partial charge is 0.0492 e. The van der Waals surface area contributed by atoms with Crippen molar-refractivity contribution >= 4 is 0 Å². The summed E-state index contributed by atoms with van der Waals surface area (Å²) in [6, 6.07) is 2.18. The second-order valence-corrected chi connectivity index (χ2v) is 6.31. The molecule has 0 saturated heterocycles. The van der Waals surface area contributed by atoms with Crippen LogP contribution in [0.3, 0.4) is 0 Å². The maximum Gasteiger partial charge on any atom is 0.0492 e. The number of hydrogen-bond donors (Lipinski definition) is 1. The summed E-state index contributed by atoms with van der Waals surface area (Å²) in [4.78, 5) is 0. The van der Waals surface area contributed by atoms with E-state index < -0.39 is 0 Å². The summed E-state index contributed by atoms with van der Waals surface area (Å²) >= 11 is 0. The molecule has 0 radical (unpaired) electrons. The zero-order valence-corrected chi connectivity index (χ0v) is 11.5. The van der Waals surface area contributed by atoms with Crippen molar-refractivity contribution in [2.45, 2.75) is 51.5 Å². The topological polar surface area (TPSA) is 29.9 Å². The molecule has 1 aliphatic carbocycles. The molecule has 2 atom stereocenters. The molecule has 0 bridgehead atoms. The summed E-state index contributed by atoms with van der Waals surface area (Å²) in [5.74, 6) is 1.46. The number of rotatable bonds is 3. The lowest BCUT2D eigenvalue weighted by atomic mass is 9.92. The lowest BCUT2D eigenvalue weighted by Gasteiger charge is -2.26. The maximum absolute atomic E-state index is 4.30. The average molecular weight is 235 g/mol. The van der Waals surface area contributed by atoms with Gasteiger partial charge in [0.2, 0.25) is 0 Å². The zero-order chi connectivity index (χ0) is 12.5. The predicted octanol–water partition coefficient (Wildman–Crippen LogP) is 2.69. The summed E-state index contributed by atoms with van der Waals surface area (Å²) in [5.41, 5.74) is 1.63. The van der Waals surface area contributed by atoms with E-state index in [2.05, 4.69) is 44.3 Å². The van der Waals surface area contributed by atoms with Crippen LogP contribution in [-0.2, 0) is 7.05 Å². The molecule has 2 rings (SSSR count). The van der Waals surface area contributed by atoms with Crippen LogP contribution < -0.4 is 5.32 Å². The first kappa shape index (κ1) is 12.6. The van der Waals surface area contributed by atoms with Crippen molar-refractivity contribution in [2.24, 2.45) is 13.0 Å². The Hall–Kier alpha value is -0.830. The number of nitrogens with zero attached hydrogens (tertiary/aromatic N) is 2. The van der Waals surface area contributed by atoms with Crippen LogP contribution >= 0.6 is 0 Å². The molecule has 1 fully saturated rings. The highest BCUT2D eigenvalue weighted by Gasteiger charge is 2.30. The van der Waals surface area contributed by atoms with Gasteiger partial charge in [-0.1, -0.05) is 6.42 Å². The van der Waals surface area contributed by atoms with E-state index >= 15 is 0 Å². The summed E-state index contributed by atoms with van der Waals surface area (Å²) in [6.07, 6.45) is 5.93. The van der Waals surface area contributed by atoms with E-state index in [1.807, 2.05) is 10.9 Å².